The zero-order valence-electron chi connectivity index (χ0n) is 14.4. The third-order valence-corrected chi connectivity index (χ3v) is 5.71. The number of amides is 1. The summed E-state index contributed by atoms with van der Waals surface area (Å²) in [7, 11) is 0. The molecule has 0 bridgehead atoms. The van der Waals surface area contributed by atoms with E-state index in [-0.39, 0.29) is 23.4 Å². The normalized spacial score (nSPS) is 25.0. The number of piperidine rings is 1. The number of halogens is 1. The molecule has 4 rings (SSSR count). The lowest BCUT2D eigenvalue weighted by Gasteiger charge is -2.37. The van der Waals surface area contributed by atoms with Crippen LogP contribution in [0.1, 0.15) is 32.1 Å². The van der Waals surface area contributed by atoms with Gasteiger partial charge in [0.05, 0.1) is 6.67 Å². The third-order valence-electron chi connectivity index (χ3n) is 5.71. The molecular formula is C18H25FN4O2. The van der Waals surface area contributed by atoms with E-state index in [9.17, 15) is 14.0 Å². The SMILES string of the molecule is O=C1CC(CF)CN1C1CCN(c2nccn(CC3CC3)c2=O)CC1. The molecule has 0 N–H and O–H groups in total. The molecule has 3 fully saturated rings. The molecular weight excluding hydrogens is 323 g/mol. The Bertz CT molecular complexity index is 695. The van der Waals surface area contributed by atoms with Crippen LogP contribution in [0.2, 0.25) is 0 Å². The molecule has 25 heavy (non-hydrogen) atoms. The van der Waals surface area contributed by atoms with Crippen LogP contribution < -0.4 is 10.5 Å². The molecule has 136 valence electrons. The first-order valence-corrected chi connectivity index (χ1v) is 9.31. The predicted molar refractivity (Wildman–Crippen MR) is 92.3 cm³/mol. The summed E-state index contributed by atoms with van der Waals surface area (Å²) >= 11 is 0. The van der Waals surface area contributed by atoms with Crippen LogP contribution in [0.3, 0.4) is 0 Å². The van der Waals surface area contributed by atoms with Crippen molar-refractivity contribution >= 4 is 11.7 Å². The highest BCUT2D eigenvalue weighted by Gasteiger charge is 2.36. The van der Waals surface area contributed by atoms with Gasteiger partial charge in [0.15, 0.2) is 5.82 Å². The fraction of sp³-hybridized carbons (Fsp3) is 0.722. The molecule has 1 atom stereocenters. The monoisotopic (exact) mass is 348 g/mol. The molecule has 1 aliphatic carbocycles. The average molecular weight is 348 g/mol. The van der Waals surface area contributed by atoms with Gasteiger partial charge in [0.2, 0.25) is 5.91 Å². The fourth-order valence-corrected chi connectivity index (χ4v) is 4.03. The number of nitrogens with zero attached hydrogens (tertiary/aromatic N) is 4. The Hall–Kier alpha value is -1.92. The van der Waals surface area contributed by atoms with E-state index >= 15 is 0 Å². The van der Waals surface area contributed by atoms with Crippen molar-refractivity contribution in [2.75, 3.05) is 31.2 Å². The first-order chi connectivity index (χ1) is 12.2. The van der Waals surface area contributed by atoms with Crippen molar-refractivity contribution in [1.82, 2.24) is 14.5 Å². The Kier molecular flexibility index (Phi) is 4.48. The summed E-state index contributed by atoms with van der Waals surface area (Å²) in [6.45, 7) is 2.33. The quantitative estimate of drug-likeness (QED) is 0.808. The first kappa shape index (κ1) is 16.5. The molecule has 0 radical (unpaired) electrons. The molecule has 7 heteroatoms. The van der Waals surface area contributed by atoms with E-state index < -0.39 is 6.67 Å². The molecule has 1 aromatic heterocycles. The number of carbonyl (C=O) groups excluding carboxylic acids is 1. The van der Waals surface area contributed by atoms with E-state index in [1.165, 1.54) is 12.8 Å². The largest absolute Gasteiger partial charge is 0.352 e. The Labute approximate surface area is 146 Å². The van der Waals surface area contributed by atoms with Crippen LogP contribution in [0.5, 0.6) is 0 Å². The van der Waals surface area contributed by atoms with Crippen LogP contribution in [-0.4, -0.2) is 52.7 Å². The van der Waals surface area contributed by atoms with Crippen molar-refractivity contribution < 1.29 is 9.18 Å². The molecule has 3 aliphatic rings. The Balaban J connectivity index is 1.40. The molecule has 0 spiro atoms. The molecule has 6 nitrogen and oxygen atoms in total. The Morgan fingerprint density at radius 1 is 1.12 bits per heavy atom. The average Bonchev–Trinajstić information content (AvgIpc) is 3.37. The number of anilines is 1. The highest BCUT2D eigenvalue weighted by molar-refractivity contribution is 5.79. The van der Waals surface area contributed by atoms with Gasteiger partial charge in [0, 0.05) is 57.0 Å². The molecule has 0 aromatic carbocycles. The smallest absolute Gasteiger partial charge is 0.293 e. The molecule has 2 saturated heterocycles. The van der Waals surface area contributed by atoms with Crippen molar-refractivity contribution in [3.8, 4) is 0 Å². The summed E-state index contributed by atoms with van der Waals surface area (Å²) in [6.07, 6.45) is 7.85. The summed E-state index contributed by atoms with van der Waals surface area (Å²) in [5.74, 6) is 1.10. The zero-order valence-corrected chi connectivity index (χ0v) is 14.4. The lowest BCUT2D eigenvalue weighted by atomic mass is 10.0. The molecule has 3 heterocycles. The number of hydrogen-bond acceptors (Lipinski definition) is 4. The van der Waals surface area contributed by atoms with Crippen molar-refractivity contribution in [1.29, 1.82) is 0 Å². The van der Waals surface area contributed by atoms with Gasteiger partial charge >= 0.3 is 0 Å². The second kappa shape index (κ2) is 6.77. The highest BCUT2D eigenvalue weighted by atomic mass is 19.1. The molecule has 1 unspecified atom stereocenters. The van der Waals surface area contributed by atoms with Crippen molar-refractivity contribution in [3.63, 3.8) is 0 Å². The molecule has 2 aliphatic heterocycles. The van der Waals surface area contributed by atoms with Crippen LogP contribution in [-0.2, 0) is 11.3 Å². The maximum absolute atomic E-state index is 12.8. The van der Waals surface area contributed by atoms with E-state index in [1.54, 1.807) is 17.0 Å². The number of rotatable bonds is 5. The number of carbonyl (C=O) groups is 1. The zero-order chi connectivity index (χ0) is 17.4. The maximum Gasteiger partial charge on any atom is 0.293 e. The van der Waals surface area contributed by atoms with Gasteiger partial charge in [-0.15, -0.1) is 0 Å². The minimum absolute atomic E-state index is 0.0115. The van der Waals surface area contributed by atoms with Crippen molar-refractivity contribution in [2.24, 2.45) is 11.8 Å². The van der Waals surface area contributed by atoms with Gasteiger partial charge in [-0.3, -0.25) is 14.0 Å². The number of likely N-dealkylation sites (tertiary alicyclic amines) is 1. The fourth-order valence-electron chi connectivity index (χ4n) is 4.03. The summed E-state index contributed by atoms with van der Waals surface area (Å²) in [5.41, 5.74) is -0.0115. The Morgan fingerprint density at radius 3 is 2.52 bits per heavy atom. The number of hydrogen-bond donors (Lipinski definition) is 0. The topological polar surface area (TPSA) is 58.4 Å². The van der Waals surface area contributed by atoms with Crippen LogP contribution in [0, 0.1) is 11.8 Å². The van der Waals surface area contributed by atoms with Gasteiger partial charge in [-0.25, -0.2) is 4.98 Å². The van der Waals surface area contributed by atoms with Gasteiger partial charge in [-0.05, 0) is 31.6 Å². The summed E-state index contributed by atoms with van der Waals surface area (Å²) in [5, 5.41) is 0. The van der Waals surface area contributed by atoms with Crippen LogP contribution in [0.4, 0.5) is 10.2 Å². The minimum Gasteiger partial charge on any atom is -0.352 e. The van der Waals surface area contributed by atoms with E-state index in [0.29, 0.717) is 37.8 Å². The van der Waals surface area contributed by atoms with Crippen LogP contribution in [0.15, 0.2) is 17.2 Å². The summed E-state index contributed by atoms with van der Waals surface area (Å²) in [6, 6.07) is 0.165. The second-order valence-electron chi connectivity index (χ2n) is 7.64. The van der Waals surface area contributed by atoms with E-state index in [0.717, 1.165) is 19.4 Å². The predicted octanol–water partition coefficient (Wildman–Crippen LogP) is 1.44. The first-order valence-electron chi connectivity index (χ1n) is 9.31. The van der Waals surface area contributed by atoms with Gasteiger partial charge in [-0.2, -0.15) is 0 Å². The minimum atomic E-state index is -0.421. The lowest BCUT2D eigenvalue weighted by Crippen LogP contribution is -2.47. The van der Waals surface area contributed by atoms with E-state index in [2.05, 4.69) is 4.98 Å². The highest BCUT2D eigenvalue weighted by Crippen LogP contribution is 2.30. The lowest BCUT2D eigenvalue weighted by molar-refractivity contribution is -0.130. The van der Waals surface area contributed by atoms with Gasteiger partial charge in [0.25, 0.3) is 5.56 Å². The van der Waals surface area contributed by atoms with Crippen molar-refractivity contribution in [2.45, 2.75) is 44.7 Å². The van der Waals surface area contributed by atoms with Gasteiger partial charge in [0.1, 0.15) is 0 Å². The van der Waals surface area contributed by atoms with Crippen LogP contribution >= 0.6 is 0 Å². The van der Waals surface area contributed by atoms with Crippen LogP contribution in [0.25, 0.3) is 0 Å². The van der Waals surface area contributed by atoms with E-state index in [4.69, 9.17) is 0 Å². The standard InChI is InChI=1S/C18H25FN4O2/c19-10-14-9-16(24)23(12-14)15-3-6-21(7-4-15)17-18(25)22(8-5-20-17)11-13-1-2-13/h5,8,13-15H,1-4,6-7,9-12H2. The maximum atomic E-state index is 12.8. The van der Waals surface area contributed by atoms with E-state index in [1.807, 2.05) is 9.80 Å². The second-order valence-corrected chi connectivity index (χ2v) is 7.64. The molecule has 1 aromatic rings. The summed E-state index contributed by atoms with van der Waals surface area (Å²) in [4.78, 5) is 32.9. The summed E-state index contributed by atoms with van der Waals surface area (Å²) < 4.78 is 14.6. The van der Waals surface area contributed by atoms with Gasteiger partial charge < -0.3 is 14.4 Å². The number of alkyl halides is 1. The van der Waals surface area contributed by atoms with Crippen molar-refractivity contribution in [3.05, 3.63) is 22.7 Å². The number of aromatic nitrogens is 2. The third kappa shape index (κ3) is 3.41. The molecule has 1 saturated carbocycles. The van der Waals surface area contributed by atoms with Gasteiger partial charge in [-0.1, -0.05) is 0 Å². The Morgan fingerprint density at radius 2 is 1.88 bits per heavy atom. The molecule has 1 amide bonds.